The molecule has 1 fully saturated rings. The van der Waals surface area contributed by atoms with Crippen molar-refractivity contribution < 1.29 is 0 Å². The van der Waals surface area contributed by atoms with Crippen molar-refractivity contribution in [1.29, 1.82) is 0 Å². The number of rotatable bonds is 1. The number of hydrogen-bond donors (Lipinski definition) is 0. The Morgan fingerprint density at radius 2 is 1.33 bits per heavy atom. The van der Waals surface area contributed by atoms with Gasteiger partial charge in [0.1, 0.15) is 0 Å². The molecule has 1 aliphatic carbocycles. The summed E-state index contributed by atoms with van der Waals surface area (Å²) in [7, 11) is 0. The smallest absolute Gasteiger partial charge is 0.0354 e. The molecule has 0 radical (unpaired) electrons. The summed E-state index contributed by atoms with van der Waals surface area (Å²) >= 11 is 0. The zero-order valence-corrected chi connectivity index (χ0v) is 11.2. The third kappa shape index (κ3) is 6.22. The van der Waals surface area contributed by atoms with E-state index in [2.05, 4.69) is 27.7 Å². The Bertz CT molecular complexity index is 123. The molecule has 94 valence electrons. The fourth-order valence-corrected chi connectivity index (χ4v) is 2.34. The SMILES string of the molecule is C.CC.CC(C1CCCCC1)C(C)(C)C. The van der Waals surface area contributed by atoms with Crippen LogP contribution in [0.3, 0.4) is 0 Å². The van der Waals surface area contributed by atoms with Crippen LogP contribution in [0.4, 0.5) is 0 Å². The lowest BCUT2D eigenvalue weighted by atomic mass is 9.69. The van der Waals surface area contributed by atoms with E-state index < -0.39 is 0 Å². The third-order valence-electron chi connectivity index (χ3n) is 3.72. The van der Waals surface area contributed by atoms with Crippen molar-refractivity contribution in [2.45, 2.75) is 81.1 Å². The monoisotopic (exact) mass is 214 g/mol. The average Bonchev–Trinajstić information content (AvgIpc) is 2.20. The van der Waals surface area contributed by atoms with Crippen LogP contribution in [0.5, 0.6) is 0 Å². The van der Waals surface area contributed by atoms with Crippen molar-refractivity contribution in [2.75, 3.05) is 0 Å². The molecule has 0 bridgehead atoms. The van der Waals surface area contributed by atoms with E-state index in [1.165, 1.54) is 32.1 Å². The lowest BCUT2D eigenvalue weighted by Crippen LogP contribution is -2.27. The summed E-state index contributed by atoms with van der Waals surface area (Å²) in [6.45, 7) is 13.6. The fourth-order valence-electron chi connectivity index (χ4n) is 2.34. The second-order valence-electron chi connectivity index (χ2n) is 5.55. The normalized spacial score (nSPS) is 19.6. The van der Waals surface area contributed by atoms with Gasteiger partial charge >= 0.3 is 0 Å². The van der Waals surface area contributed by atoms with Crippen molar-refractivity contribution in [2.24, 2.45) is 17.3 Å². The molecule has 0 heteroatoms. The lowest BCUT2D eigenvalue weighted by Gasteiger charge is -2.36. The predicted octanol–water partition coefficient (Wildman–Crippen LogP) is 5.91. The first-order valence-corrected chi connectivity index (χ1v) is 6.52. The predicted molar refractivity (Wildman–Crippen MR) is 73.3 cm³/mol. The van der Waals surface area contributed by atoms with Crippen LogP contribution in [-0.4, -0.2) is 0 Å². The molecule has 0 aromatic rings. The van der Waals surface area contributed by atoms with Crippen LogP contribution in [0, 0.1) is 17.3 Å². The molecule has 0 heterocycles. The van der Waals surface area contributed by atoms with E-state index in [4.69, 9.17) is 0 Å². The van der Waals surface area contributed by atoms with E-state index in [0.717, 1.165) is 11.8 Å². The lowest BCUT2D eigenvalue weighted by molar-refractivity contribution is 0.141. The van der Waals surface area contributed by atoms with Gasteiger partial charge in [-0.2, -0.15) is 0 Å². The molecule has 0 amide bonds. The second-order valence-corrected chi connectivity index (χ2v) is 5.55. The highest BCUT2D eigenvalue weighted by atomic mass is 14.3. The van der Waals surface area contributed by atoms with Gasteiger partial charge in [-0.25, -0.2) is 0 Å². The first kappa shape index (κ1) is 17.4. The molecule has 0 spiro atoms. The molecule has 1 atom stereocenters. The van der Waals surface area contributed by atoms with E-state index in [0.29, 0.717) is 5.41 Å². The van der Waals surface area contributed by atoms with Gasteiger partial charge in [0.15, 0.2) is 0 Å². The molecular formula is C15H34. The summed E-state index contributed by atoms with van der Waals surface area (Å²) < 4.78 is 0. The first-order chi connectivity index (χ1) is 6.52. The molecule has 0 N–H and O–H groups in total. The average molecular weight is 214 g/mol. The Balaban J connectivity index is 0. The number of hydrogen-bond acceptors (Lipinski definition) is 0. The van der Waals surface area contributed by atoms with Crippen molar-refractivity contribution in [3.05, 3.63) is 0 Å². The van der Waals surface area contributed by atoms with Crippen LogP contribution in [0.1, 0.15) is 81.1 Å². The molecule has 0 aromatic carbocycles. The van der Waals surface area contributed by atoms with E-state index in [1.54, 1.807) is 0 Å². The zero-order valence-electron chi connectivity index (χ0n) is 11.2. The highest BCUT2D eigenvalue weighted by Crippen LogP contribution is 2.39. The van der Waals surface area contributed by atoms with Gasteiger partial charge < -0.3 is 0 Å². The second kappa shape index (κ2) is 8.19. The minimum absolute atomic E-state index is 0. The van der Waals surface area contributed by atoms with Crippen molar-refractivity contribution in [1.82, 2.24) is 0 Å². The van der Waals surface area contributed by atoms with Gasteiger partial charge in [0.2, 0.25) is 0 Å². The molecule has 0 aliphatic heterocycles. The largest absolute Gasteiger partial charge is 0.0776 e. The van der Waals surface area contributed by atoms with E-state index in [-0.39, 0.29) is 7.43 Å². The maximum absolute atomic E-state index is 2.44. The Morgan fingerprint density at radius 1 is 0.933 bits per heavy atom. The van der Waals surface area contributed by atoms with Crippen LogP contribution in [-0.2, 0) is 0 Å². The molecule has 1 saturated carbocycles. The summed E-state index contributed by atoms with van der Waals surface area (Å²) in [6.07, 6.45) is 7.40. The van der Waals surface area contributed by atoms with Crippen molar-refractivity contribution in [3.63, 3.8) is 0 Å². The van der Waals surface area contributed by atoms with E-state index in [1.807, 2.05) is 13.8 Å². The molecule has 0 aromatic heterocycles. The summed E-state index contributed by atoms with van der Waals surface area (Å²) in [4.78, 5) is 0. The summed E-state index contributed by atoms with van der Waals surface area (Å²) in [5.74, 6) is 1.91. The van der Waals surface area contributed by atoms with Crippen molar-refractivity contribution in [3.8, 4) is 0 Å². The fraction of sp³-hybridized carbons (Fsp3) is 1.00. The summed E-state index contributed by atoms with van der Waals surface area (Å²) in [6, 6.07) is 0. The van der Waals surface area contributed by atoms with Crippen LogP contribution >= 0.6 is 0 Å². The first-order valence-electron chi connectivity index (χ1n) is 6.52. The molecule has 15 heavy (non-hydrogen) atoms. The maximum atomic E-state index is 2.44. The maximum Gasteiger partial charge on any atom is -0.0354 e. The van der Waals surface area contributed by atoms with Crippen LogP contribution in [0.15, 0.2) is 0 Å². The quantitative estimate of drug-likeness (QED) is 0.509. The van der Waals surface area contributed by atoms with Gasteiger partial charge in [0, 0.05) is 0 Å². The summed E-state index contributed by atoms with van der Waals surface area (Å²) in [5.41, 5.74) is 0.516. The topological polar surface area (TPSA) is 0 Å². The zero-order chi connectivity index (χ0) is 11.2. The van der Waals surface area contributed by atoms with Crippen LogP contribution < -0.4 is 0 Å². The molecule has 1 rings (SSSR count). The van der Waals surface area contributed by atoms with Crippen LogP contribution in [0.2, 0.25) is 0 Å². The van der Waals surface area contributed by atoms with Gasteiger partial charge in [0.05, 0.1) is 0 Å². The molecule has 1 unspecified atom stereocenters. The third-order valence-corrected chi connectivity index (χ3v) is 3.72. The van der Waals surface area contributed by atoms with E-state index >= 15 is 0 Å². The van der Waals surface area contributed by atoms with Gasteiger partial charge in [0.25, 0.3) is 0 Å². The highest BCUT2D eigenvalue weighted by Gasteiger charge is 2.28. The highest BCUT2D eigenvalue weighted by molar-refractivity contribution is 4.79. The minimum Gasteiger partial charge on any atom is -0.0776 e. The Hall–Kier alpha value is 0. The van der Waals surface area contributed by atoms with Gasteiger partial charge in [-0.15, -0.1) is 0 Å². The molecule has 0 saturated heterocycles. The standard InChI is InChI=1S/C12H24.C2H6.CH4/c1-10(12(2,3)4)11-8-6-5-7-9-11;1-2;/h10-11H,5-9H2,1-4H3;1-2H3;1H4. The molecule has 0 nitrogen and oxygen atoms in total. The van der Waals surface area contributed by atoms with Gasteiger partial charge in [-0.05, 0) is 17.3 Å². The Kier molecular flexibility index (Phi) is 9.49. The van der Waals surface area contributed by atoms with Gasteiger partial charge in [-0.3, -0.25) is 0 Å². The minimum atomic E-state index is 0. The van der Waals surface area contributed by atoms with E-state index in [9.17, 15) is 0 Å². The molecular weight excluding hydrogens is 180 g/mol. The van der Waals surface area contributed by atoms with Crippen LogP contribution in [0.25, 0.3) is 0 Å². The summed E-state index contributed by atoms with van der Waals surface area (Å²) in [5, 5.41) is 0. The molecule has 1 aliphatic rings. The Labute approximate surface area is 98.9 Å². The van der Waals surface area contributed by atoms with Gasteiger partial charge in [-0.1, -0.05) is 81.1 Å². The van der Waals surface area contributed by atoms with Crippen molar-refractivity contribution >= 4 is 0 Å². The Morgan fingerprint density at radius 3 is 1.67 bits per heavy atom.